The number of unbranched alkanes of at least 4 members (excludes halogenated alkanes) is 8. The summed E-state index contributed by atoms with van der Waals surface area (Å²) in [6.45, 7) is 30.0. The molecule has 0 aliphatic carbocycles. The van der Waals surface area contributed by atoms with Crippen LogP contribution in [0.25, 0.3) is 0 Å². The van der Waals surface area contributed by atoms with Crippen molar-refractivity contribution in [3.63, 3.8) is 0 Å². The van der Waals surface area contributed by atoms with Crippen LogP contribution in [-0.4, -0.2) is 61.3 Å². The zero-order chi connectivity index (χ0) is 33.1. The second kappa shape index (κ2) is 46.6. The van der Waals surface area contributed by atoms with Gasteiger partial charge in [0.05, 0.1) is 52.4 Å². The Hall–Kier alpha value is 3.56. The third kappa shape index (κ3) is 47.7. The second-order valence-corrected chi connectivity index (χ2v) is 35.2. The SMILES string of the molecule is CCCC[N+](CCCC)(CCCC)CCCC.CCCC[N+](CCCC)(CCCC)CCCC.[Cl-].[Cl-].[Cl][Re]([Cl])[Cl].[Cl][Re]([Cl])[Cl]. The van der Waals surface area contributed by atoms with Crippen LogP contribution in [0, 0.1) is 0 Å². The van der Waals surface area contributed by atoms with Gasteiger partial charge in [-0.25, -0.2) is 0 Å². The Kier molecular flexibility index (Phi) is 63.2. The molecule has 44 heavy (non-hydrogen) atoms. The van der Waals surface area contributed by atoms with Gasteiger partial charge in [-0.05, 0) is 51.4 Å². The predicted molar refractivity (Wildman–Crippen MR) is 194 cm³/mol. The monoisotopic (exact) mass is 1140 g/mol. The van der Waals surface area contributed by atoms with E-state index in [1.807, 2.05) is 0 Å². The average Bonchev–Trinajstić information content (AvgIpc) is 2.95. The van der Waals surface area contributed by atoms with E-state index >= 15 is 0 Å². The molecule has 280 valence electrons. The van der Waals surface area contributed by atoms with Gasteiger partial charge in [0.2, 0.25) is 0 Å². The van der Waals surface area contributed by atoms with Crippen molar-refractivity contribution in [1.82, 2.24) is 0 Å². The normalized spacial score (nSPS) is 11.3. The second-order valence-electron chi connectivity index (χ2n) is 11.6. The summed E-state index contributed by atoms with van der Waals surface area (Å²) < 4.78 is 2.84. The molecular formula is C32H72Cl8N2Re2. The van der Waals surface area contributed by atoms with E-state index in [1.165, 1.54) is 164 Å². The first kappa shape index (κ1) is 59.7. The van der Waals surface area contributed by atoms with Crippen molar-refractivity contribution in [3.8, 4) is 0 Å². The summed E-state index contributed by atoms with van der Waals surface area (Å²) in [5.74, 6) is 0. The number of hydrogen-bond acceptors (Lipinski definition) is 0. The van der Waals surface area contributed by atoms with Gasteiger partial charge in [0.1, 0.15) is 0 Å². The van der Waals surface area contributed by atoms with Crippen LogP contribution in [-0.2, 0) is 27.4 Å². The van der Waals surface area contributed by atoms with Crippen molar-refractivity contribution in [2.24, 2.45) is 0 Å². The number of hydrogen-bond donors (Lipinski definition) is 0. The molecule has 0 aromatic heterocycles. The van der Waals surface area contributed by atoms with E-state index in [4.69, 9.17) is 57.2 Å². The van der Waals surface area contributed by atoms with Gasteiger partial charge in [-0.2, -0.15) is 0 Å². The summed E-state index contributed by atoms with van der Waals surface area (Å²) in [6, 6.07) is 0. The molecular weight excluding hydrogens is 1070 g/mol. The first-order chi connectivity index (χ1) is 19.9. The van der Waals surface area contributed by atoms with Crippen molar-refractivity contribution in [1.29, 1.82) is 0 Å². The fraction of sp³-hybridized carbons (Fsp3) is 1.00. The van der Waals surface area contributed by atoms with Gasteiger partial charge < -0.3 is 33.8 Å². The molecule has 0 amide bonds. The molecule has 0 aromatic rings. The van der Waals surface area contributed by atoms with Crippen LogP contribution in [0.2, 0.25) is 0 Å². The molecule has 12 heteroatoms. The third-order valence-corrected chi connectivity index (χ3v) is 7.89. The summed E-state index contributed by atoms with van der Waals surface area (Å²) in [6.07, 6.45) is 22.1. The quantitative estimate of drug-likeness (QED) is 0.0858. The molecule has 0 radical (unpaired) electrons. The molecule has 0 bridgehead atoms. The van der Waals surface area contributed by atoms with Gasteiger partial charge in [-0.3, -0.25) is 0 Å². The molecule has 0 saturated heterocycles. The van der Waals surface area contributed by atoms with Crippen molar-refractivity contribution >= 4 is 57.2 Å². The van der Waals surface area contributed by atoms with E-state index in [-0.39, 0.29) is 24.8 Å². The van der Waals surface area contributed by atoms with Crippen molar-refractivity contribution in [2.45, 2.75) is 158 Å². The van der Waals surface area contributed by atoms with E-state index < -0.39 is 27.4 Å². The van der Waals surface area contributed by atoms with Crippen LogP contribution >= 0.6 is 57.2 Å². The molecule has 0 heterocycles. The maximum atomic E-state index is 4.99. The van der Waals surface area contributed by atoms with Crippen LogP contribution in [0.1, 0.15) is 158 Å². The molecule has 0 saturated carbocycles. The summed E-state index contributed by atoms with van der Waals surface area (Å²) in [4.78, 5) is 0. The predicted octanol–water partition coefficient (Wildman–Crippen LogP) is 8.15. The first-order valence-corrected chi connectivity index (χ1v) is 37.2. The molecule has 0 aliphatic rings. The van der Waals surface area contributed by atoms with Gasteiger partial charge >= 0.3 is 84.6 Å². The summed E-state index contributed by atoms with van der Waals surface area (Å²) >= 11 is -4.09. The Labute approximate surface area is 325 Å². The van der Waals surface area contributed by atoms with Gasteiger partial charge in [-0.15, -0.1) is 0 Å². The Morgan fingerprint density at radius 3 is 0.455 bits per heavy atom. The molecule has 0 atom stereocenters. The van der Waals surface area contributed by atoms with Gasteiger partial charge in [0.15, 0.2) is 0 Å². The Balaban J connectivity index is -0.000000127. The fourth-order valence-electron chi connectivity index (χ4n) is 5.29. The van der Waals surface area contributed by atoms with Crippen molar-refractivity contribution in [3.05, 3.63) is 0 Å². The summed E-state index contributed by atoms with van der Waals surface area (Å²) in [5, 5.41) is 0. The zero-order valence-electron chi connectivity index (χ0n) is 29.6. The van der Waals surface area contributed by atoms with Crippen molar-refractivity contribution < 1.29 is 61.2 Å². The molecule has 0 unspecified atom stereocenters. The molecule has 0 fully saturated rings. The molecule has 0 aromatic carbocycles. The fourth-order valence-corrected chi connectivity index (χ4v) is 5.29. The summed E-state index contributed by atoms with van der Waals surface area (Å²) in [5.41, 5.74) is 0. The number of nitrogens with zero attached hydrogens (tertiary/aromatic N) is 2. The van der Waals surface area contributed by atoms with Crippen LogP contribution in [0.3, 0.4) is 0 Å². The Morgan fingerprint density at radius 2 is 0.386 bits per heavy atom. The average molecular weight is 1140 g/mol. The minimum atomic E-state index is -2.05. The van der Waals surface area contributed by atoms with Crippen LogP contribution in [0.15, 0.2) is 0 Å². The molecule has 0 spiro atoms. The van der Waals surface area contributed by atoms with E-state index in [9.17, 15) is 0 Å². The topological polar surface area (TPSA) is 0 Å². The Morgan fingerprint density at radius 1 is 0.295 bits per heavy atom. The Bertz CT molecular complexity index is 375. The molecule has 2 nitrogen and oxygen atoms in total. The van der Waals surface area contributed by atoms with Gasteiger partial charge in [-0.1, -0.05) is 107 Å². The van der Waals surface area contributed by atoms with Crippen LogP contribution < -0.4 is 24.8 Å². The van der Waals surface area contributed by atoms with E-state index in [0.717, 1.165) is 0 Å². The summed E-state index contributed by atoms with van der Waals surface area (Å²) in [7, 11) is 29.9. The number of rotatable bonds is 24. The molecule has 0 N–H and O–H groups in total. The van der Waals surface area contributed by atoms with Gasteiger partial charge in [0, 0.05) is 0 Å². The van der Waals surface area contributed by atoms with E-state index in [2.05, 4.69) is 55.4 Å². The maximum absolute atomic E-state index is 4.99. The first-order valence-electron chi connectivity index (χ1n) is 17.0. The zero-order valence-corrected chi connectivity index (χ0v) is 41.1. The van der Waals surface area contributed by atoms with Crippen LogP contribution in [0.5, 0.6) is 0 Å². The number of halogens is 8. The van der Waals surface area contributed by atoms with Crippen molar-refractivity contribution in [2.75, 3.05) is 52.4 Å². The van der Waals surface area contributed by atoms with E-state index in [1.54, 1.807) is 0 Å². The van der Waals surface area contributed by atoms with Gasteiger partial charge in [0.25, 0.3) is 0 Å². The van der Waals surface area contributed by atoms with E-state index in [0.29, 0.717) is 0 Å². The minimum absolute atomic E-state index is 0. The number of quaternary nitrogens is 2. The molecule has 0 aliphatic heterocycles. The third-order valence-electron chi connectivity index (χ3n) is 7.89. The molecule has 0 rings (SSSR count). The van der Waals surface area contributed by atoms with Crippen LogP contribution in [0.4, 0.5) is 0 Å². The standard InChI is InChI=1S/2C16H36N.8ClH.2Re/c2*1-5-9-13-17(14-10-6-2,15-11-7-3)16-12-8-4;;;;;;;;;;/h2*5-16H2,1-4H3;8*1H;;/q2*+1;;;;;;;;;2*+3/p-8.